The second kappa shape index (κ2) is 7.52. The number of carbonyl (C=O) groups excluding carboxylic acids is 1. The van der Waals surface area contributed by atoms with Gasteiger partial charge in [-0.05, 0) is 43.4 Å². The normalized spacial score (nSPS) is 13.3. The molecule has 3 N–H and O–H groups in total. The minimum Gasteiger partial charge on any atom is -0.491 e. The number of carboxylic acids is 1. The maximum absolute atomic E-state index is 12.2. The number of urea groups is 1. The summed E-state index contributed by atoms with van der Waals surface area (Å²) in [7, 11) is 0. The fourth-order valence-electron chi connectivity index (χ4n) is 2.20. The number of hydrogen-bond acceptors (Lipinski definition) is 5. The molecule has 0 bridgehead atoms. The molecule has 3 rings (SSSR count). The minimum absolute atomic E-state index is 0.170. The largest absolute Gasteiger partial charge is 0.491 e. The molecule has 1 fully saturated rings. The highest BCUT2D eigenvalue weighted by Crippen LogP contribution is 2.32. The number of rotatable bonds is 7. The van der Waals surface area contributed by atoms with Crippen LogP contribution >= 0.6 is 11.3 Å². The molecule has 7 nitrogen and oxygen atoms in total. The summed E-state index contributed by atoms with van der Waals surface area (Å²) >= 11 is 1.18. The van der Waals surface area contributed by atoms with E-state index in [1.165, 1.54) is 24.2 Å². The number of amides is 2. The summed E-state index contributed by atoms with van der Waals surface area (Å²) < 4.78 is 5.82. The van der Waals surface area contributed by atoms with Crippen molar-refractivity contribution in [2.24, 2.45) is 5.92 Å². The molecule has 0 radical (unpaired) electrons. The van der Waals surface area contributed by atoms with Gasteiger partial charge in [0.1, 0.15) is 5.75 Å². The lowest BCUT2D eigenvalue weighted by molar-refractivity contribution is -0.136. The fraction of sp³-hybridized carbons (Fsp3) is 0.353. The molecule has 1 heterocycles. The Labute approximate surface area is 149 Å². The van der Waals surface area contributed by atoms with Gasteiger partial charge in [-0.1, -0.05) is 6.07 Å². The molecule has 132 valence electrons. The summed E-state index contributed by atoms with van der Waals surface area (Å²) in [4.78, 5) is 26.9. The van der Waals surface area contributed by atoms with Gasteiger partial charge in [-0.3, -0.25) is 10.1 Å². The number of hydrogen-bond donors (Lipinski definition) is 3. The van der Waals surface area contributed by atoms with Gasteiger partial charge in [-0.25, -0.2) is 9.78 Å². The number of carbonyl (C=O) groups is 2. The van der Waals surface area contributed by atoms with E-state index in [9.17, 15) is 9.59 Å². The predicted molar refractivity (Wildman–Crippen MR) is 95.5 cm³/mol. The molecule has 0 spiro atoms. The second-order valence-corrected chi connectivity index (χ2v) is 6.91. The van der Waals surface area contributed by atoms with Crippen LogP contribution in [-0.4, -0.2) is 28.7 Å². The van der Waals surface area contributed by atoms with Crippen molar-refractivity contribution in [2.45, 2.75) is 26.2 Å². The van der Waals surface area contributed by atoms with Gasteiger partial charge in [0.05, 0.1) is 24.4 Å². The average molecular weight is 361 g/mol. The van der Waals surface area contributed by atoms with Crippen LogP contribution < -0.4 is 15.4 Å². The van der Waals surface area contributed by atoms with Crippen LogP contribution in [0.2, 0.25) is 0 Å². The number of aromatic nitrogens is 1. The fourth-order valence-corrected chi connectivity index (χ4v) is 2.90. The van der Waals surface area contributed by atoms with Crippen LogP contribution in [0.25, 0.3) is 0 Å². The Morgan fingerprint density at radius 3 is 2.88 bits per heavy atom. The number of thiazole rings is 1. The number of benzene rings is 1. The van der Waals surface area contributed by atoms with E-state index in [1.807, 2.05) is 19.1 Å². The van der Waals surface area contributed by atoms with E-state index < -0.39 is 12.0 Å². The molecule has 0 saturated heterocycles. The molecule has 25 heavy (non-hydrogen) atoms. The zero-order chi connectivity index (χ0) is 17.8. The van der Waals surface area contributed by atoms with Gasteiger partial charge in [0.25, 0.3) is 0 Å². The molecule has 1 aliphatic carbocycles. The predicted octanol–water partition coefficient (Wildman–Crippen LogP) is 3.51. The van der Waals surface area contributed by atoms with Gasteiger partial charge in [-0.15, -0.1) is 11.3 Å². The first-order chi connectivity index (χ1) is 12.0. The van der Waals surface area contributed by atoms with Crippen molar-refractivity contribution in [1.29, 1.82) is 0 Å². The first-order valence-electron chi connectivity index (χ1n) is 7.97. The molecule has 1 aliphatic rings. The Bertz CT molecular complexity index is 786. The molecule has 0 aliphatic heterocycles. The van der Waals surface area contributed by atoms with E-state index in [0.29, 0.717) is 34.8 Å². The molecule has 8 heteroatoms. The van der Waals surface area contributed by atoms with Crippen LogP contribution in [0.5, 0.6) is 5.75 Å². The minimum atomic E-state index is -0.960. The number of nitrogens with one attached hydrogen (secondary N) is 2. The van der Waals surface area contributed by atoms with Crippen molar-refractivity contribution in [1.82, 2.24) is 4.98 Å². The van der Waals surface area contributed by atoms with Crippen LogP contribution in [0, 0.1) is 12.8 Å². The van der Waals surface area contributed by atoms with Gasteiger partial charge in [0.15, 0.2) is 5.13 Å². The molecular weight excluding hydrogens is 342 g/mol. The molecule has 2 amide bonds. The summed E-state index contributed by atoms with van der Waals surface area (Å²) in [6.45, 7) is 2.62. The lowest BCUT2D eigenvalue weighted by Gasteiger charge is -2.13. The van der Waals surface area contributed by atoms with Crippen LogP contribution in [0.3, 0.4) is 0 Å². The van der Waals surface area contributed by atoms with Gasteiger partial charge < -0.3 is 15.2 Å². The van der Waals surface area contributed by atoms with E-state index in [4.69, 9.17) is 9.84 Å². The van der Waals surface area contributed by atoms with E-state index in [2.05, 4.69) is 15.6 Å². The quantitative estimate of drug-likeness (QED) is 0.701. The second-order valence-electron chi connectivity index (χ2n) is 6.05. The summed E-state index contributed by atoms with van der Waals surface area (Å²) in [5, 5.41) is 16.1. The van der Waals surface area contributed by atoms with Crippen LogP contribution in [-0.2, 0) is 11.2 Å². The standard InChI is InChI=1S/C17H19N3O4S/c1-10-2-5-13(14(6-10)24-8-11-3-4-11)19-16(23)20-17-18-12(9-25-17)7-15(21)22/h2,5-6,9,11H,3-4,7-8H2,1H3,(H,21,22)(H2,18,19,20,23). The molecule has 1 aromatic heterocycles. The van der Waals surface area contributed by atoms with Crippen molar-refractivity contribution in [2.75, 3.05) is 17.2 Å². The first kappa shape index (κ1) is 17.2. The van der Waals surface area contributed by atoms with Gasteiger partial charge in [0.2, 0.25) is 0 Å². The molecule has 2 aromatic rings. The number of anilines is 2. The molecule has 1 aromatic carbocycles. The van der Waals surface area contributed by atoms with Crippen LogP contribution in [0.15, 0.2) is 23.6 Å². The van der Waals surface area contributed by atoms with Crippen molar-refractivity contribution in [3.05, 3.63) is 34.8 Å². The lowest BCUT2D eigenvalue weighted by Crippen LogP contribution is -2.20. The highest BCUT2D eigenvalue weighted by Gasteiger charge is 2.22. The zero-order valence-electron chi connectivity index (χ0n) is 13.7. The van der Waals surface area contributed by atoms with E-state index in [1.54, 1.807) is 11.4 Å². The Kier molecular flexibility index (Phi) is 5.18. The van der Waals surface area contributed by atoms with Gasteiger partial charge in [0, 0.05) is 5.38 Å². The van der Waals surface area contributed by atoms with Gasteiger partial charge >= 0.3 is 12.0 Å². The van der Waals surface area contributed by atoms with E-state index in [0.717, 1.165) is 5.56 Å². The van der Waals surface area contributed by atoms with Crippen molar-refractivity contribution < 1.29 is 19.4 Å². The molecule has 0 atom stereocenters. The Morgan fingerprint density at radius 2 is 2.16 bits per heavy atom. The first-order valence-corrected chi connectivity index (χ1v) is 8.85. The Balaban J connectivity index is 1.61. The Morgan fingerprint density at radius 1 is 1.36 bits per heavy atom. The zero-order valence-corrected chi connectivity index (χ0v) is 14.6. The highest BCUT2D eigenvalue weighted by atomic mass is 32.1. The summed E-state index contributed by atoms with van der Waals surface area (Å²) in [5.74, 6) is 0.302. The maximum atomic E-state index is 12.2. The Hall–Kier alpha value is -2.61. The van der Waals surface area contributed by atoms with Gasteiger partial charge in [-0.2, -0.15) is 0 Å². The monoisotopic (exact) mass is 361 g/mol. The summed E-state index contributed by atoms with van der Waals surface area (Å²) in [6, 6.07) is 5.14. The third kappa shape index (κ3) is 5.18. The number of ether oxygens (including phenoxy) is 1. The maximum Gasteiger partial charge on any atom is 0.325 e. The van der Waals surface area contributed by atoms with Crippen LogP contribution in [0.4, 0.5) is 15.6 Å². The van der Waals surface area contributed by atoms with Crippen molar-refractivity contribution >= 4 is 34.2 Å². The highest BCUT2D eigenvalue weighted by molar-refractivity contribution is 7.13. The lowest BCUT2D eigenvalue weighted by atomic mass is 10.2. The third-order valence-corrected chi connectivity index (χ3v) is 4.47. The summed E-state index contributed by atoms with van der Waals surface area (Å²) in [5.41, 5.74) is 2.05. The van der Waals surface area contributed by atoms with Crippen molar-refractivity contribution in [3.8, 4) is 5.75 Å². The molecule has 0 unspecified atom stereocenters. The van der Waals surface area contributed by atoms with E-state index >= 15 is 0 Å². The number of nitrogens with zero attached hydrogens (tertiary/aromatic N) is 1. The van der Waals surface area contributed by atoms with Crippen LogP contribution in [0.1, 0.15) is 24.1 Å². The molecular formula is C17H19N3O4S. The van der Waals surface area contributed by atoms with E-state index in [-0.39, 0.29) is 6.42 Å². The SMILES string of the molecule is Cc1ccc(NC(=O)Nc2nc(CC(=O)O)cs2)c(OCC2CC2)c1. The third-order valence-electron chi connectivity index (χ3n) is 3.66. The number of aliphatic carboxylic acids is 1. The number of aryl methyl sites for hydroxylation is 1. The topological polar surface area (TPSA) is 101 Å². The average Bonchev–Trinajstić information content (AvgIpc) is 3.28. The number of carboxylic acid groups (broad SMARTS) is 1. The smallest absolute Gasteiger partial charge is 0.325 e. The summed E-state index contributed by atoms with van der Waals surface area (Å²) in [6.07, 6.45) is 2.21. The molecule has 1 saturated carbocycles. The van der Waals surface area contributed by atoms with Crippen molar-refractivity contribution in [3.63, 3.8) is 0 Å².